The van der Waals surface area contributed by atoms with Crippen LogP contribution < -0.4 is 0 Å². The molecule has 0 aliphatic carbocycles. The second-order valence-corrected chi connectivity index (χ2v) is 4.88. The van der Waals surface area contributed by atoms with E-state index in [0.717, 1.165) is 24.4 Å². The number of H-pyrrole nitrogens is 1. The number of aromatic amines is 1. The lowest BCUT2D eigenvalue weighted by atomic mass is 10.2. The largest absolute Gasteiger partial charge is 0.461 e. The fourth-order valence-corrected chi connectivity index (χ4v) is 2.50. The van der Waals surface area contributed by atoms with Gasteiger partial charge >= 0.3 is 0 Å². The molecule has 0 aliphatic heterocycles. The first-order valence-electron chi connectivity index (χ1n) is 5.67. The predicted octanol–water partition coefficient (Wildman–Crippen LogP) is 2.61. The standard InChI is InChI=1S/C12H12N4OS/c1-8-10(18-7-13-8)4-5-11-14-12(16-15-11)9-3-2-6-17-9/h2-3,6-7H,4-5H2,1H3,(H,14,15,16). The molecular formula is C12H12N4OS. The van der Waals surface area contributed by atoms with E-state index in [1.165, 1.54) is 4.88 Å². The molecule has 3 heterocycles. The summed E-state index contributed by atoms with van der Waals surface area (Å²) in [6.45, 7) is 2.03. The van der Waals surface area contributed by atoms with Gasteiger partial charge in [-0.2, -0.15) is 5.10 Å². The van der Waals surface area contributed by atoms with Gasteiger partial charge in [0, 0.05) is 11.3 Å². The van der Waals surface area contributed by atoms with Crippen LogP contribution in [0.1, 0.15) is 16.4 Å². The van der Waals surface area contributed by atoms with E-state index >= 15 is 0 Å². The van der Waals surface area contributed by atoms with Crippen molar-refractivity contribution in [2.75, 3.05) is 0 Å². The summed E-state index contributed by atoms with van der Waals surface area (Å²) in [4.78, 5) is 9.93. The van der Waals surface area contributed by atoms with E-state index in [1.807, 2.05) is 24.6 Å². The van der Waals surface area contributed by atoms with E-state index in [9.17, 15) is 0 Å². The first-order chi connectivity index (χ1) is 8.83. The van der Waals surface area contributed by atoms with Crippen molar-refractivity contribution in [2.24, 2.45) is 0 Å². The molecule has 6 heteroatoms. The smallest absolute Gasteiger partial charge is 0.216 e. The van der Waals surface area contributed by atoms with Gasteiger partial charge in [-0.3, -0.25) is 5.10 Å². The van der Waals surface area contributed by atoms with Crippen LogP contribution in [0.25, 0.3) is 11.6 Å². The Morgan fingerprint density at radius 3 is 3.06 bits per heavy atom. The van der Waals surface area contributed by atoms with Gasteiger partial charge in [-0.1, -0.05) is 0 Å². The van der Waals surface area contributed by atoms with Gasteiger partial charge in [0.25, 0.3) is 0 Å². The van der Waals surface area contributed by atoms with Crippen molar-refractivity contribution in [1.29, 1.82) is 0 Å². The van der Waals surface area contributed by atoms with Crippen molar-refractivity contribution in [1.82, 2.24) is 20.2 Å². The quantitative estimate of drug-likeness (QED) is 0.783. The monoisotopic (exact) mass is 260 g/mol. The van der Waals surface area contributed by atoms with E-state index in [-0.39, 0.29) is 0 Å². The number of furan rings is 1. The maximum atomic E-state index is 5.25. The first-order valence-corrected chi connectivity index (χ1v) is 6.55. The van der Waals surface area contributed by atoms with E-state index in [0.29, 0.717) is 11.6 Å². The van der Waals surface area contributed by atoms with Crippen molar-refractivity contribution < 1.29 is 4.42 Å². The normalized spacial score (nSPS) is 10.9. The third-order valence-corrected chi connectivity index (χ3v) is 3.70. The van der Waals surface area contributed by atoms with Gasteiger partial charge in [0.15, 0.2) is 5.76 Å². The average Bonchev–Trinajstić information content (AvgIpc) is 3.08. The highest BCUT2D eigenvalue weighted by Gasteiger charge is 2.09. The van der Waals surface area contributed by atoms with Crippen LogP contribution in [0.15, 0.2) is 28.3 Å². The van der Waals surface area contributed by atoms with Crippen molar-refractivity contribution in [3.05, 3.63) is 40.3 Å². The third kappa shape index (κ3) is 2.19. The summed E-state index contributed by atoms with van der Waals surface area (Å²) in [6, 6.07) is 3.67. The number of nitrogens with zero attached hydrogens (tertiary/aromatic N) is 3. The summed E-state index contributed by atoms with van der Waals surface area (Å²) in [6.07, 6.45) is 3.38. The SMILES string of the molecule is Cc1ncsc1CCc1nc(-c2ccco2)n[nH]1. The maximum Gasteiger partial charge on any atom is 0.216 e. The number of nitrogens with one attached hydrogen (secondary N) is 1. The lowest BCUT2D eigenvalue weighted by Gasteiger charge is -1.95. The van der Waals surface area contributed by atoms with Crippen LogP contribution in [-0.4, -0.2) is 20.2 Å². The molecule has 0 saturated heterocycles. The molecular weight excluding hydrogens is 248 g/mol. The van der Waals surface area contributed by atoms with Crippen molar-refractivity contribution in [2.45, 2.75) is 19.8 Å². The minimum absolute atomic E-state index is 0.607. The summed E-state index contributed by atoms with van der Waals surface area (Å²) in [5.41, 5.74) is 2.98. The van der Waals surface area contributed by atoms with Gasteiger partial charge in [0.05, 0.1) is 17.5 Å². The summed E-state index contributed by atoms with van der Waals surface area (Å²) < 4.78 is 5.25. The number of thiazole rings is 1. The van der Waals surface area contributed by atoms with Gasteiger partial charge < -0.3 is 4.42 Å². The van der Waals surface area contributed by atoms with Gasteiger partial charge in [0.2, 0.25) is 5.82 Å². The predicted molar refractivity (Wildman–Crippen MR) is 68.3 cm³/mol. The Balaban J connectivity index is 1.69. The molecule has 0 spiro atoms. The van der Waals surface area contributed by atoms with Crippen LogP contribution in [0, 0.1) is 6.92 Å². The van der Waals surface area contributed by atoms with Gasteiger partial charge in [-0.25, -0.2) is 9.97 Å². The second kappa shape index (κ2) is 4.73. The topological polar surface area (TPSA) is 67.6 Å². The fraction of sp³-hybridized carbons (Fsp3) is 0.250. The summed E-state index contributed by atoms with van der Waals surface area (Å²) in [5.74, 6) is 2.16. The Kier molecular flexibility index (Phi) is 2.93. The van der Waals surface area contributed by atoms with Crippen LogP contribution in [0.5, 0.6) is 0 Å². The molecule has 1 N–H and O–H groups in total. The van der Waals surface area contributed by atoms with Crippen molar-refractivity contribution >= 4 is 11.3 Å². The van der Waals surface area contributed by atoms with Crippen LogP contribution in [0.4, 0.5) is 0 Å². The average molecular weight is 260 g/mol. The fourth-order valence-electron chi connectivity index (χ4n) is 1.72. The molecule has 92 valence electrons. The number of hydrogen-bond donors (Lipinski definition) is 1. The molecule has 5 nitrogen and oxygen atoms in total. The van der Waals surface area contributed by atoms with Crippen molar-refractivity contribution in [3.63, 3.8) is 0 Å². The summed E-state index contributed by atoms with van der Waals surface area (Å²) in [7, 11) is 0. The zero-order valence-electron chi connectivity index (χ0n) is 9.88. The van der Waals surface area contributed by atoms with E-state index in [2.05, 4.69) is 20.2 Å². The Hall–Kier alpha value is -1.95. The van der Waals surface area contributed by atoms with Gasteiger partial charge in [0.1, 0.15) is 5.82 Å². The van der Waals surface area contributed by atoms with Crippen molar-refractivity contribution in [3.8, 4) is 11.6 Å². The molecule has 0 radical (unpaired) electrons. The summed E-state index contributed by atoms with van der Waals surface area (Å²) >= 11 is 1.68. The highest BCUT2D eigenvalue weighted by atomic mass is 32.1. The van der Waals surface area contributed by atoms with Crippen LogP contribution in [-0.2, 0) is 12.8 Å². The highest BCUT2D eigenvalue weighted by molar-refractivity contribution is 7.09. The van der Waals surface area contributed by atoms with Gasteiger partial charge in [-0.15, -0.1) is 11.3 Å². The molecule has 0 bridgehead atoms. The molecule has 3 aromatic rings. The molecule has 0 saturated carbocycles. The molecule has 0 unspecified atom stereocenters. The van der Waals surface area contributed by atoms with Crippen LogP contribution in [0.3, 0.4) is 0 Å². The first kappa shape index (κ1) is 11.2. The van der Waals surface area contributed by atoms with E-state index in [1.54, 1.807) is 17.6 Å². The minimum atomic E-state index is 0.607. The molecule has 0 fully saturated rings. The molecule has 0 atom stereocenters. The van der Waals surface area contributed by atoms with Crippen LogP contribution in [0.2, 0.25) is 0 Å². The number of aromatic nitrogens is 4. The molecule has 3 rings (SSSR count). The number of hydrogen-bond acceptors (Lipinski definition) is 5. The van der Waals surface area contributed by atoms with Crippen LogP contribution >= 0.6 is 11.3 Å². The lowest BCUT2D eigenvalue weighted by molar-refractivity contribution is 0.577. The van der Waals surface area contributed by atoms with E-state index < -0.39 is 0 Å². The Morgan fingerprint density at radius 1 is 1.39 bits per heavy atom. The minimum Gasteiger partial charge on any atom is -0.461 e. The maximum absolute atomic E-state index is 5.25. The van der Waals surface area contributed by atoms with Gasteiger partial charge in [-0.05, 0) is 25.5 Å². The number of aryl methyl sites for hydroxylation is 3. The molecule has 3 aromatic heterocycles. The lowest BCUT2D eigenvalue weighted by Crippen LogP contribution is -1.93. The Morgan fingerprint density at radius 2 is 2.33 bits per heavy atom. The highest BCUT2D eigenvalue weighted by Crippen LogP contribution is 2.17. The zero-order chi connectivity index (χ0) is 12.4. The number of rotatable bonds is 4. The second-order valence-electron chi connectivity index (χ2n) is 3.94. The third-order valence-electron chi connectivity index (χ3n) is 2.71. The Bertz CT molecular complexity index is 626. The molecule has 0 aliphatic rings. The van der Waals surface area contributed by atoms with E-state index in [4.69, 9.17) is 4.42 Å². The Labute approximate surface area is 108 Å². The summed E-state index contributed by atoms with van der Waals surface area (Å²) in [5, 5.41) is 7.08. The molecule has 18 heavy (non-hydrogen) atoms. The molecule has 0 amide bonds. The molecule has 0 aromatic carbocycles. The zero-order valence-corrected chi connectivity index (χ0v) is 10.7.